The highest BCUT2D eigenvalue weighted by molar-refractivity contribution is 9.10. The summed E-state index contributed by atoms with van der Waals surface area (Å²) in [6.07, 6.45) is 0. The topological polar surface area (TPSA) is 23.8 Å². The fourth-order valence-corrected chi connectivity index (χ4v) is 1.96. The molecule has 2 rings (SSSR count). The molecule has 0 saturated carbocycles. The molecular weight excluding hydrogens is 307 g/mol. The van der Waals surface area contributed by atoms with Crippen LogP contribution in [0.15, 0.2) is 34.8 Å². The molecule has 0 heterocycles. The number of halogens is 4. The van der Waals surface area contributed by atoms with Crippen molar-refractivity contribution in [3.05, 3.63) is 57.8 Å². The fraction of sp³-hybridized carbons (Fsp3) is 0. The average molecular weight is 312 g/mol. The molecule has 0 spiro atoms. The second kappa shape index (κ2) is 4.83. The third-order valence-electron chi connectivity index (χ3n) is 2.43. The van der Waals surface area contributed by atoms with Crippen LogP contribution in [0.2, 0.25) is 0 Å². The number of nitriles is 1. The van der Waals surface area contributed by atoms with Crippen LogP contribution in [0.1, 0.15) is 5.56 Å². The Morgan fingerprint density at radius 1 is 0.944 bits per heavy atom. The summed E-state index contributed by atoms with van der Waals surface area (Å²) in [6.45, 7) is 0. The first-order chi connectivity index (χ1) is 8.56. The van der Waals surface area contributed by atoms with Gasteiger partial charge in [0.05, 0.1) is 21.7 Å². The summed E-state index contributed by atoms with van der Waals surface area (Å²) in [5.74, 6) is -2.70. The molecule has 0 bridgehead atoms. The van der Waals surface area contributed by atoms with Crippen LogP contribution in [0.5, 0.6) is 0 Å². The van der Waals surface area contributed by atoms with E-state index in [1.807, 2.05) is 0 Å². The minimum atomic E-state index is -0.934. The molecule has 0 aliphatic heterocycles. The largest absolute Gasteiger partial charge is 0.206 e. The molecule has 0 amide bonds. The summed E-state index contributed by atoms with van der Waals surface area (Å²) >= 11 is 2.90. The van der Waals surface area contributed by atoms with Gasteiger partial charge in [-0.1, -0.05) is 6.07 Å². The van der Waals surface area contributed by atoms with Crippen molar-refractivity contribution in [2.75, 3.05) is 0 Å². The molecule has 0 aliphatic carbocycles. The van der Waals surface area contributed by atoms with Gasteiger partial charge in [-0.2, -0.15) is 5.26 Å². The Morgan fingerprint density at radius 2 is 1.61 bits per heavy atom. The van der Waals surface area contributed by atoms with E-state index >= 15 is 0 Å². The van der Waals surface area contributed by atoms with Crippen molar-refractivity contribution in [2.24, 2.45) is 0 Å². The van der Waals surface area contributed by atoms with Gasteiger partial charge in [0.1, 0.15) is 17.5 Å². The second-order valence-corrected chi connectivity index (χ2v) is 4.35. The summed E-state index contributed by atoms with van der Waals surface area (Å²) in [7, 11) is 0. The SMILES string of the molecule is N#Cc1cccc(F)c1-c1c(F)ccc(Br)c1F. The maximum atomic E-state index is 13.9. The van der Waals surface area contributed by atoms with Crippen LogP contribution >= 0.6 is 15.9 Å². The molecule has 0 aromatic heterocycles. The highest BCUT2D eigenvalue weighted by Gasteiger charge is 2.20. The molecule has 0 fully saturated rings. The van der Waals surface area contributed by atoms with Crippen molar-refractivity contribution in [1.29, 1.82) is 5.26 Å². The summed E-state index contributed by atoms with van der Waals surface area (Å²) in [4.78, 5) is 0. The molecule has 2 aromatic rings. The van der Waals surface area contributed by atoms with Crippen LogP contribution in [0.4, 0.5) is 13.2 Å². The van der Waals surface area contributed by atoms with Crippen LogP contribution in [-0.2, 0) is 0 Å². The summed E-state index contributed by atoms with van der Waals surface area (Å²) in [5.41, 5.74) is -1.03. The lowest BCUT2D eigenvalue weighted by atomic mass is 9.99. The zero-order chi connectivity index (χ0) is 13.3. The average Bonchev–Trinajstić information content (AvgIpc) is 2.36. The Kier molecular flexibility index (Phi) is 3.39. The normalized spacial score (nSPS) is 10.2. The smallest absolute Gasteiger partial charge is 0.148 e. The van der Waals surface area contributed by atoms with Gasteiger partial charge in [0.15, 0.2) is 0 Å². The zero-order valence-electron chi connectivity index (χ0n) is 8.85. The van der Waals surface area contributed by atoms with Gasteiger partial charge >= 0.3 is 0 Å². The van der Waals surface area contributed by atoms with E-state index in [1.54, 1.807) is 6.07 Å². The monoisotopic (exact) mass is 311 g/mol. The Labute approximate surface area is 110 Å². The summed E-state index contributed by atoms with van der Waals surface area (Å²) < 4.78 is 41.3. The van der Waals surface area contributed by atoms with Crippen molar-refractivity contribution in [2.45, 2.75) is 0 Å². The third kappa shape index (κ3) is 2.00. The van der Waals surface area contributed by atoms with Crippen LogP contribution in [-0.4, -0.2) is 0 Å². The highest BCUT2D eigenvalue weighted by atomic mass is 79.9. The Hall–Kier alpha value is -1.80. The minimum absolute atomic E-state index is 0.00560. The van der Waals surface area contributed by atoms with Crippen LogP contribution in [0.25, 0.3) is 11.1 Å². The van der Waals surface area contributed by atoms with E-state index in [0.29, 0.717) is 0 Å². The number of rotatable bonds is 1. The Morgan fingerprint density at radius 3 is 2.28 bits per heavy atom. The van der Waals surface area contributed by atoms with E-state index in [0.717, 1.165) is 12.1 Å². The molecule has 0 saturated heterocycles. The Bertz CT molecular complexity index is 662. The van der Waals surface area contributed by atoms with E-state index in [2.05, 4.69) is 15.9 Å². The summed E-state index contributed by atoms with van der Waals surface area (Å²) in [5, 5.41) is 8.88. The first kappa shape index (κ1) is 12.7. The van der Waals surface area contributed by atoms with Gasteiger partial charge < -0.3 is 0 Å². The van der Waals surface area contributed by atoms with E-state index in [4.69, 9.17) is 5.26 Å². The van der Waals surface area contributed by atoms with Crippen molar-refractivity contribution < 1.29 is 13.2 Å². The molecule has 0 aliphatic rings. The number of hydrogen-bond acceptors (Lipinski definition) is 1. The number of nitrogens with zero attached hydrogens (tertiary/aromatic N) is 1. The zero-order valence-corrected chi connectivity index (χ0v) is 10.4. The first-order valence-corrected chi connectivity index (χ1v) is 5.68. The quantitative estimate of drug-likeness (QED) is 0.716. The van der Waals surface area contributed by atoms with E-state index < -0.39 is 23.0 Å². The predicted octanol–water partition coefficient (Wildman–Crippen LogP) is 4.41. The van der Waals surface area contributed by atoms with E-state index in [1.165, 1.54) is 18.2 Å². The van der Waals surface area contributed by atoms with Gasteiger partial charge in [0.2, 0.25) is 0 Å². The molecule has 1 nitrogen and oxygen atoms in total. The van der Waals surface area contributed by atoms with Gasteiger partial charge in [-0.15, -0.1) is 0 Å². The maximum absolute atomic E-state index is 13.9. The lowest BCUT2D eigenvalue weighted by Crippen LogP contribution is -1.97. The van der Waals surface area contributed by atoms with Crippen molar-refractivity contribution in [3.8, 4) is 17.2 Å². The molecule has 0 unspecified atom stereocenters. The summed E-state index contributed by atoms with van der Waals surface area (Å²) in [6, 6.07) is 7.58. The Balaban J connectivity index is 2.86. The molecule has 0 atom stereocenters. The van der Waals surface area contributed by atoms with Gasteiger partial charge in [0, 0.05) is 5.56 Å². The van der Waals surface area contributed by atoms with Gasteiger partial charge in [0.25, 0.3) is 0 Å². The van der Waals surface area contributed by atoms with Crippen LogP contribution < -0.4 is 0 Å². The second-order valence-electron chi connectivity index (χ2n) is 3.49. The van der Waals surface area contributed by atoms with Crippen molar-refractivity contribution in [3.63, 3.8) is 0 Å². The lowest BCUT2D eigenvalue weighted by Gasteiger charge is -2.09. The molecule has 0 radical (unpaired) electrons. The molecular formula is C13H5BrF3N. The molecule has 90 valence electrons. The van der Waals surface area contributed by atoms with Gasteiger partial charge in [-0.25, -0.2) is 13.2 Å². The standard InChI is InChI=1S/C13H5BrF3N/c14-8-4-5-10(16)12(13(8)17)11-7(6-18)2-1-3-9(11)15/h1-5H. The number of hydrogen-bond donors (Lipinski definition) is 0. The van der Waals surface area contributed by atoms with Gasteiger partial charge in [-0.3, -0.25) is 0 Å². The minimum Gasteiger partial charge on any atom is -0.206 e. The molecule has 5 heteroatoms. The molecule has 18 heavy (non-hydrogen) atoms. The van der Waals surface area contributed by atoms with Crippen molar-refractivity contribution in [1.82, 2.24) is 0 Å². The number of benzene rings is 2. The van der Waals surface area contributed by atoms with Crippen LogP contribution in [0.3, 0.4) is 0 Å². The van der Waals surface area contributed by atoms with Crippen molar-refractivity contribution >= 4 is 15.9 Å². The first-order valence-electron chi connectivity index (χ1n) is 4.88. The van der Waals surface area contributed by atoms with Gasteiger partial charge in [-0.05, 0) is 40.2 Å². The van der Waals surface area contributed by atoms with E-state index in [-0.39, 0.29) is 15.6 Å². The van der Waals surface area contributed by atoms with E-state index in [9.17, 15) is 13.2 Å². The third-order valence-corrected chi connectivity index (χ3v) is 3.04. The lowest BCUT2D eigenvalue weighted by molar-refractivity contribution is 0.578. The van der Waals surface area contributed by atoms with Crippen LogP contribution in [0, 0.1) is 28.8 Å². The fourth-order valence-electron chi connectivity index (χ4n) is 1.63. The predicted molar refractivity (Wildman–Crippen MR) is 64.2 cm³/mol. The molecule has 2 aromatic carbocycles. The molecule has 0 N–H and O–H groups in total. The maximum Gasteiger partial charge on any atom is 0.148 e. The highest BCUT2D eigenvalue weighted by Crippen LogP contribution is 2.34.